The van der Waals surface area contributed by atoms with Crippen molar-refractivity contribution in [2.24, 2.45) is 10.9 Å². The molecule has 160 valence electrons. The van der Waals surface area contributed by atoms with Crippen LogP contribution in [-0.2, 0) is 18.4 Å². The molecule has 0 aliphatic heterocycles. The number of aromatic nitrogens is 1. The van der Waals surface area contributed by atoms with Crippen molar-refractivity contribution in [3.8, 4) is 0 Å². The molecule has 2 aromatic heterocycles. The van der Waals surface area contributed by atoms with E-state index in [9.17, 15) is 14.3 Å². The van der Waals surface area contributed by atoms with Gasteiger partial charge in [-0.3, -0.25) is 10.1 Å². The summed E-state index contributed by atoms with van der Waals surface area (Å²) in [6.07, 6.45) is 3.09. The number of halogens is 1. The van der Waals surface area contributed by atoms with Gasteiger partial charge in [0.2, 0.25) is 0 Å². The zero-order valence-corrected chi connectivity index (χ0v) is 19.1. The fourth-order valence-corrected chi connectivity index (χ4v) is 4.69. The van der Waals surface area contributed by atoms with Crippen LogP contribution in [0.1, 0.15) is 67.4 Å². The van der Waals surface area contributed by atoms with Crippen molar-refractivity contribution in [1.82, 2.24) is 4.98 Å². The number of nitrogens with two attached hydrogens (primary N) is 2. The number of anilines is 1. The summed E-state index contributed by atoms with van der Waals surface area (Å²) in [6, 6.07) is 0.822. The molecule has 0 saturated carbocycles. The van der Waals surface area contributed by atoms with Crippen LogP contribution in [0.25, 0.3) is 0 Å². The number of nitrogens with zero attached hydrogens (tertiary/aromatic N) is 1. The van der Waals surface area contributed by atoms with Crippen molar-refractivity contribution >= 4 is 35.0 Å². The molecule has 2 amide bonds. The maximum absolute atomic E-state index is 12.9. The van der Waals surface area contributed by atoms with Gasteiger partial charge in [-0.2, -0.15) is 0 Å². The molecule has 0 bridgehead atoms. The Kier molecular flexibility index (Phi) is 7.67. The van der Waals surface area contributed by atoms with Gasteiger partial charge in [0.25, 0.3) is 0 Å². The molecule has 0 saturated heterocycles. The lowest BCUT2D eigenvalue weighted by molar-refractivity contribution is 0.0823. The van der Waals surface area contributed by atoms with Crippen LogP contribution < -0.4 is 16.2 Å². The number of rotatable bonds is 4. The Morgan fingerprint density at radius 2 is 2.07 bits per heavy atom. The predicted octanol–water partition coefficient (Wildman–Crippen LogP) is 4.57. The first-order valence-electron chi connectivity index (χ1n) is 9.43. The Hall–Kier alpha value is -1.68. The molecular formula is C20H29FN4O2S2. The zero-order chi connectivity index (χ0) is 21.9. The van der Waals surface area contributed by atoms with Crippen molar-refractivity contribution in [3.63, 3.8) is 0 Å². The van der Waals surface area contributed by atoms with E-state index in [0.717, 1.165) is 53.8 Å². The SMILES string of the molecule is CC(C)(O)c1cc(F)c(SN)s1.Cc1c(C(C)C)nc2c(c1NC(N)=O)CCC2. The molecule has 9 heteroatoms. The molecule has 0 spiro atoms. The minimum absolute atomic E-state index is 0.356. The average Bonchev–Trinajstić information content (AvgIpc) is 3.22. The summed E-state index contributed by atoms with van der Waals surface area (Å²) in [7, 11) is 0. The number of carbonyl (C=O) groups is 1. The molecule has 0 radical (unpaired) electrons. The van der Waals surface area contributed by atoms with Gasteiger partial charge in [-0.05, 0) is 75.1 Å². The molecule has 2 heterocycles. The van der Waals surface area contributed by atoms with E-state index < -0.39 is 11.6 Å². The van der Waals surface area contributed by atoms with Crippen molar-refractivity contribution in [2.75, 3.05) is 5.32 Å². The Labute approximate surface area is 179 Å². The van der Waals surface area contributed by atoms with Crippen LogP contribution in [0.15, 0.2) is 10.3 Å². The van der Waals surface area contributed by atoms with Crippen LogP contribution in [0.2, 0.25) is 0 Å². The van der Waals surface area contributed by atoms with E-state index in [1.165, 1.54) is 23.0 Å². The maximum atomic E-state index is 12.9. The standard InChI is InChI=1S/C13H19N3O.C7H10FNOS2/c1-7(2)11-8(3)12(16-13(14)17)9-5-4-6-10(9)15-11;1-7(2,10)5-3-4(8)6(11-5)12-9/h7H,4-6H2,1-3H3,(H3,14,15,16,17);3,10H,9H2,1-2H3. The van der Waals surface area contributed by atoms with Crippen molar-refractivity contribution < 1.29 is 14.3 Å². The number of thiophene rings is 1. The first-order chi connectivity index (χ1) is 13.5. The first-order valence-corrected chi connectivity index (χ1v) is 11.1. The van der Waals surface area contributed by atoms with Crippen LogP contribution in [0.3, 0.4) is 0 Å². The summed E-state index contributed by atoms with van der Waals surface area (Å²) in [5.74, 6) is -0.000971. The maximum Gasteiger partial charge on any atom is 0.316 e. The predicted molar refractivity (Wildman–Crippen MR) is 118 cm³/mol. The van der Waals surface area contributed by atoms with Crippen LogP contribution in [0, 0.1) is 12.7 Å². The Bertz CT molecular complexity index is 892. The Balaban J connectivity index is 0.000000221. The second-order valence-corrected chi connectivity index (χ2v) is 9.80. The van der Waals surface area contributed by atoms with Gasteiger partial charge in [0.05, 0.1) is 11.3 Å². The third-order valence-corrected chi connectivity index (χ3v) is 6.83. The van der Waals surface area contributed by atoms with Gasteiger partial charge in [-0.25, -0.2) is 9.18 Å². The van der Waals surface area contributed by atoms with Crippen LogP contribution in [0.4, 0.5) is 14.9 Å². The minimum atomic E-state index is -0.987. The van der Waals surface area contributed by atoms with E-state index in [1.807, 2.05) is 6.92 Å². The lowest BCUT2D eigenvalue weighted by atomic mass is 9.99. The number of primary amides is 1. The molecule has 6 nitrogen and oxygen atoms in total. The first kappa shape index (κ1) is 23.6. The molecule has 0 fully saturated rings. The second kappa shape index (κ2) is 9.42. The summed E-state index contributed by atoms with van der Waals surface area (Å²) in [5.41, 5.74) is 9.57. The van der Waals surface area contributed by atoms with E-state index in [4.69, 9.17) is 15.9 Å². The summed E-state index contributed by atoms with van der Waals surface area (Å²) in [4.78, 5) is 16.4. The number of urea groups is 1. The molecule has 6 N–H and O–H groups in total. The number of nitrogens with one attached hydrogen (secondary N) is 1. The highest BCUT2D eigenvalue weighted by Gasteiger charge is 2.23. The third kappa shape index (κ3) is 5.69. The van der Waals surface area contributed by atoms with Gasteiger partial charge >= 0.3 is 6.03 Å². The smallest absolute Gasteiger partial charge is 0.316 e. The summed E-state index contributed by atoms with van der Waals surface area (Å²) >= 11 is 2.04. The summed E-state index contributed by atoms with van der Waals surface area (Å²) < 4.78 is 13.3. The van der Waals surface area contributed by atoms with E-state index in [2.05, 4.69) is 19.2 Å². The molecular weight excluding hydrogens is 411 g/mol. The minimum Gasteiger partial charge on any atom is -0.385 e. The van der Waals surface area contributed by atoms with Crippen molar-refractivity contribution in [2.45, 2.75) is 69.6 Å². The number of pyridine rings is 1. The highest BCUT2D eigenvalue weighted by molar-refractivity contribution is 7.99. The third-order valence-electron chi connectivity index (χ3n) is 4.67. The molecule has 3 rings (SSSR count). The van der Waals surface area contributed by atoms with E-state index >= 15 is 0 Å². The molecule has 1 aliphatic rings. The topological polar surface area (TPSA) is 114 Å². The number of amides is 2. The van der Waals surface area contributed by atoms with Crippen molar-refractivity contribution in [1.29, 1.82) is 0 Å². The number of carbonyl (C=O) groups excluding carboxylic acids is 1. The van der Waals surface area contributed by atoms with E-state index in [1.54, 1.807) is 13.8 Å². The Morgan fingerprint density at radius 3 is 2.52 bits per heavy atom. The van der Waals surface area contributed by atoms with Crippen LogP contribution in [-0.4, -0.2) is 16.1 Å². The lowest BCUT2D eigenvalue weighted by Crippen LogP contribution is -2.22. The van der Waals surface area contributed by atoms with Gasteiger partial charge in [-0.1, -0.05) is 13.8 Å². The normalized spacial score (nSPS) is 13.1. The molecule has 1 aliphatic carbocycles. The quantitative estimate of drug-likeness (QED) is 0.520. The monoisotopic (exact) mass is 440 g/mol. The number of aliphatic hydroxyl groups is 1. The fraction of sp³-hybridized carbons (Fsp3) is 0.500. The van der Waals surface area contributed by atoms with Gasteiger partial charge in [0.15, 0.2) is 0 Å². The molecule has 0 aromatic carbocycles. The number of fused-ring (bicyclic) bond motifs is 1. The number of aryl methyl sites for hydroxylation is 1. The van der Waals surface area contributed by atoms with Crippen LogP contribution >= 0.6 is 23.3 Å². The second-order valence-electron chi connectivity index (χ2n) is 7.84. The summed E-state index contributed by atoms with van der Waals surface area (Å²) in [6.45, 7) is 9.47. The average molecular weight is 441 g/mol. The zero-order valence-electron chi connectivity index (χ0n) is 17.4. The largest absolute Gasteiger partial charge is 0.385 e. The van der Waals surface area contributed by atoms with Gasteiger partial charge < -0.3 is 16.2 Å². The summed E-state index contributed by atoms with van der Waals surface area (Å²) in [5, 5.41) is 17.5. The molecule has 2 aromatic rings. The molecule has 0 atom stereocenters. The highest BCUT2D eigenvalue weighted by atomic mass is 32.2. The van der Waals surface area contributed by atoms with Crippen LogP contribution in [0.5, 0.6) is 0 Å². The Morgan fingerprint density at radius 1 is 1.41 bits per heavy atom. The molecule has 29 heavy (non-hydrogen) atoms. The van der Waals surface area contributed by atoms with E-state index in [-0.39, 0.29) is 5.82 Å². The van der Waals surface area contributed by atoms with Crippen molar-refractivity contribution in [3.05, 3.63) is 39.3 Å². The van der Waals surface area contributed by atoms with E-state index in [0.29, 0.717) is 15.0 Å². The number of hydrogen-bond acceptors (Lipinski definition) is 6. The lowest BCUT2D eigenvalue weighted by Gasteiger charge is -2.17. The fourth-order valence-electron chi connectivity index (χ4n) is 3.29. The van der Waals surface area contributed by atoms with Gasteiger partial charge in [0, 0.05) is 16.3 Å². The number of hydrogen-bond donors (Lipinski definition) is 4. The molecule has 0 unspecified atom stereocenters. The van der Waals surface area contributed by atoms with Gasteiger partial charge in [0.1, 0.15) is 10.0 Å². The highest BCUT2D eigenvalue weighted by Crippen LogP contribution is 2.35. The van der Waals surface area contributed by atoms with Gasteiger partial charge in [-0.15, -0.1) is 11.3 Å².